The average Bonchev–Trinajstić information content (AvgIpc) is 2.80. The predicted octanol–water partition coefficient (Wildman–Crippen LogP) is 0.783. The molecule has 3 heteroatoms. The van der Waals surface area contributed by atoms with Crippen LogP contribution in [0.3, 0.4) is 0 Å². The fraction of sp³-hybridized carbons (Fsp3) is 1.00. The van der Waals surface area contributed by atoms with Crippen molar-refractivity contribution in [2.45, 2.75) is 37.8 Å². The van der Waals surface area contributed by atoms with Gasteiger partial charge in [0.1, 0.15) is 0 Å². The molecule has 0 saturated carbocycles. The van der Waals surface area contributed by atoms with E-state index in [1.54, 1.807) is 0 Å². The summed E-state index contributed by atoms with van der Waals surface area (Å²) in [5.74, 6) is 0.463. The highest BCUT2D eigenvalue weighted by atomic mass is 16.3. The zero-order valence-corrected chi connectivity index (χ0v) is 10.0. The van der Waals surface area contributed by atoms with Crippen molar-refractivity contribution in [3.63, 3.8) is 0 Å². The first-order valence-corrected chi connectivity index (χ1v) is 6.25. The lowest BCUT2D eigenvalue weighted by Crippen LogP contribution is -2.45. The van der Waals surface area contributed by atoms with Crippen molar-refractivity contribution in [1.29, 1.82) is 0 Å². The third kappa shape index (κ3) is 2.19. The number of aliphatic hydroxyl groups excluding tert-OH is 1. The first kappa shape index (κ1) is 11.4. The summed E-state index contributed by atoms with van der Waals surface area (Å²) in [4.78, 5) is 4.88. The summed E-state index contributed by atoms with van der Waals surface area (Å²) in [5.41, 5.74) is 0. The van der Waals surface area contributed by atoms with E-state index in [1.807, 2.05) is 0 Å². The molecule has 2 heterocycles. The standard InChI is InChI=1S/C12H24N2O/c1-13-7-3-5-11(13)10(9-15)12-6-4-8-14(12)2/h10-12,15H,3-9H2,1-2H3. The molecule has 0 aliphatic carbocycles. The van der Waals surface area contributed by atoms with Crippen LogP contribution < -0.4 is 0 Å². The van der Waals surface area contributed by atoms with E-state index in [2.05, 4.69) is 23.9 Å². The monoisotopic (exact) mass is 212 g/mol. The van der Waals surface area contributed by atoms with Crippen molar-refractivity contribution < 1.29 is 5.11 Å². The van der Waals surface area contributed by atoms with E-state index in [0.717, 1.165) is 0 Å². The van der Waals surface area contributed by atoms with E-state index in [4.69, 9.17) is 0 Å². The van der Waals surface area contributed by atoms with Gasteiger partial charge in [0.15, 0.2) is 0 Å². The van der Waals surface area contributed by atoms with Gasteiger partial charge < -0.3 is 14.9 Å². The highest BCUT2D eigenvalue weighted by Crippen LogP contribution is 2.31. The van der Waals surface area contributed by atoms with E-state index in [-0.39, 0.29) is 0 Å². The maximum absolute atomic E-state index is 9.63. The summed E-state index contributed by atoms with van der Waals surface area (Å²) in [7, 11) is 4.41. The maximum Gasteiger partial charge on any atom is 0.0489 e. The van der Waals surface area contributed by atoms with E-state index in [9.17, 15) is 5.11 Å². The van der Waals surface area contributed by atoms with Crippen molar-refractivity contribution in [2.24, 2.45) is 5.92 Å². The van der Waals surface area contributed by atoms with Crippen molar-refractivity contribution in [3.8, 4) is 0 Å². The Morgan fingerprint density at radius 2 is 1.53 bits per heavy atom. The van der Waals surface area contributed by atoms with Crippen LogP contribution in [0.25, 0.3) is 0 Å². The molecule has 0 aromatic rings. The Kier molecular flexibility index (Phi) is 3.65. The molecule has 2 unspecified atom stereocenters. The summed E-state index contributed by atoms with van der Waals surface area (Å²) in [5, 5.41) is 9.63. The molecule has 2 rings (SSSR count). The Labute approximate surface area is 93.1 Å². The van der Waals surface area contributed by atoms with Crippen molar-refractivity contribution in [3.05, 3.63) is 0 Å². The summed E-state index contributed by atoms with van der Waals surface area (Å²) >= 11 is 0. The smallest absolute Gasteiger partial charge is 0.0489 e. The van der Waals surface area contributed by atoms with Gasteiger partial charge in [0.25, 0.3) is 0 Å². The summed E-state index contributed by atoms with van der Waals surface area (Å²) in [6.07, 6.45) is 5.14. The summed E-state index contributed by atoms with van der Waals surface area (Å²) in [6, 6.07) is 1.22. The molecular weight excluding hydrogens is 188 g/mol. The number of rotatable bonds is 3. The molecule has 1 N–H and O–H groups in total. The van der Waals surface area contributed by atoms with Crippen molar-refractivity contribution >= 4 is 0 Å². The van der Waals surface area contributed by atoms with Crippen molar-refractivity contribution in [1.82, 2.24) is 9.80 Å². The van der Waals surface area contributed by atoms with Gasteiger partial charge in [-0.25, -0.2) is 0 Å². The van der Waals surface area contributed by atoms with Crippen LogP contribution in [0.1, 0.15) is 25.7 Å². The molecule has 15 heavy (non-hydrogen) atoms. The molecule has 2 aliphatic heterocycles. The maximum atomic E-state index is 9.63. The second-order valence-electron chi connectivity index (χ2n) is 5.23. The highest BCUT2D eigenvalue weighted by Gasteiger charge is 2.37. The molecule has 2 saturated heterocycles. The number of hydrogen-bond donors (Lipinski definition) is 1. The molecule has 0 bridgehead atoms. The van der Waals surface area contributed by atoms with Crippen LogP contribution in [0.5, 0.6) is 0 Å². The molecule has 2 aliphatic rings. The molecule has 88 valence electrons. The molecular formula is C12H24N2O. The zero-order valence-electron chi connectivity index (χ0n) is 10.0. The van der Waals surface area contributed by atoms with Crippen LogP contribution >= 0.6 is 0 Å². The quantitative estimate of drug-likeness (QED) is 0.749. The van der Waals surface area contributed by atoms with Gasteiger partial charge in [-0.05, 0) is 52.9 Å². The Bertz CT molecular complexity index is 190. The molecule has 2 atom stereocenters. The summed E-state index contributed by atoms with van der Waals surface area (Å²) in [6.45, 7) is 2.76. The minimum Gasteiger partial charge on any atom is -0.396 e. The molecule has 0 aromatic carbocycles. The summed E-state index contributed by atoms with van der Waals surface area (Å²) < 4.78 is 0. The van der Waals surface area contributed by atoms with Crippen LogP contribution in [0.4, 0.5) is 0 Å². The normalized spacial score (nSPS) is 36.2. The number of hydrogen-bond acceptors (Lipinski definition) is 3. The Morgan fingerprint density at radius 1 is 1.07 bits per heavy atom. The second-order valence-corrected chi connectivity index (χ2v) is 5.23. The number of aliphatic hydroxyl groups is 1. The van der Waals surface area contributed by atoms with Crippen LogP contribution in [-0.2, 0) is 0 Å². The number of likely N-dealkylation sites (tertiary alicyclic amines) is 2. The van der Waals surface area contributed by atoms with Gasteiger partial charge in [-0.1, -0.05) is 0 Å². The van der Waals surface area contributed by atoms with Gasteiger partial charge in [0.05, 0.1) is 0 Å². The van der Waals surface area contributed by atoms with E-state index in [1.165, 1.54) is 38.8 Å². The predicted molar refractivity (Wildman–Crippen MR) is 61.9 cm³/mol. The Morgan fingerprint density at radius 3 is 1.80 bits per heavy atom. The second kappa shape index (κ2) is 4.81. The Hall–Kier alpha value is -0.120. The van der Waals surface area contributed by atoms with Gasteiger partial charge >= 0.3 is 0 Å². The zero-order chi connectivity index (χ0) is 10.8. The van der Waals surface area contributed by atoms with Gasteiger partial charge in [0.2, 0.25) is 0 Å². The molecule has 0 aromatic heterocycles. The van der Waals surface area contributed by atoms with Gasteiger partial charge in [-0.2, -0.15) is 0 Å². The lowest BCUT2D eigenvalue weighted by molar-refractivity contribution is 0.0807. The van der Waals surface area contributed by atoms with Gasteiger partial charge in [0, 0.05) is 24.6 Å². The molecule has 2 fully saturated rings. The van der Waals surface area contributed by atoms with E-state index in [0.29, 0.717) is 24.6 Å². The van der Waals surface area contributed by atoms with Crippen LogP contribution in [0.2, 0.25) is 0 Å². The van der Waals surface area contributed by atoms with Gasteiger partial charge in [-0.15, -0.1) is 0 Å². The molecule has 0 radical (unpaired) electrons. The molecule has 3 nitrogen and oxygen atoms in total. The third-order valence-electron chi connectivity index (χ3n) is 4.35. The fourth-order valence-electron chi connectivity index (χ4n) is 3.45. The average molecular weight is 212 g/mol. The third-order valence-corrected chi connectivity index (χ3v) is 4.35. The first-order chi connectivity index (χ1) is 7.24. The lowest BCUT2D eigenvalue weighted by atomic mass is 9.89. The van der Waals surface area contributed by atoms with Crippen LogP contribution in [-0.4, -0.2) is 60.8 Å². The topological polar surface area (TPSA) is 26.7 Å². The lowest BCUT2D eigenvalue weighted by Gasteiger charge is -2.35. The van der Waals surface area contributed by atoms with Crippen molar-refractivity contribution in [2.75, 3.05) is 33.8 Å². The van der Waals surface area contributed by atoms with E-state index < -0.39 is 0 Å². The SMILES string of the molecule is CN1CCCC1C(CO)C1CCCN1C. The van der Waals surface area contributed by atoms with Crippen LogP contribution in [0.15, 0.2) is 0 Å². The van der Waals surface area contributed by atoms with Crippen LogP contribution in [0, 0.1) is 5.92 Å². The first-order valence-electron chi connectivity index (χ1n) is 6.25. The number of nitrogens with zero attached hydrogens (tertiary/aromatic N) is 2. The minimum absolute atomic E-state index is 0.351. The Balaban J connectivity index is 2.02. The molecule has 0 spiro atoms. The molecule has 0 amide bonds. The van der Waals surface area contributed by atoms with E-state index >= 15 is 0 Å². The highest BCUT2D eigenvalue weighted by molar-refractivity contribution is 4.92. The largest absolute Gasteiger partial charge is 0.396 e. The fourth-order valence-corrected chi connectivity index (χ4v) is 3.45. The van der Waals surface area contributed by atoms with Gasteiger partial charge in [-0.3, -0.25) is 0 Å². The minimum atomic E-state index is 0.351.